The number of amides is 1. The summed E-state index contributed by atoms with van der Waals surface area (Å²) in [6.07, 6.45) is 3.11. The number of carbonyl (C=O) groups is 1. The molecule has 0 aromatic heterocycles. The van der Waals surface area contributed by atoms with Crippen LogP contribution in [0.25, 0.3) is 0 Å². The van der Waals surface area contributed by atoms with E-state index in [4.69, 9.17) is 10.5 Å². The predicted molar refractivity (Wildman–Crippen MR) is 67.3 cm³/mol. The van der Waals surface area contributed by atoms with E-state index >= 15 is 0 Å². The van der Waals surface area contributed by atoms with Gasteiger partial charge in [0.25, 0.3) is 0 Å². The molecule has 1 heterocycles. The maximum atomic E-state index is 11.6. The van der Waals surface area contributed by atoms with E-state index < -0.39 is 5.60 Å². The van der Waals surface area contributed by atoms with Crippen LogP contribution in [0, 0.1) is 0 Å². The second-order valence-corrected chi connectivity index (χ2v) is 5.46. The summed E-state index contributed by atoms with van der Waals surface area (Å²) in [5.41, 5.74) is 5.95. The van der Waals surface area contributed by atoms with Crippen molar-refractivity contribution in [1.29, 1.82) is 0 Å². The molecule has 0 bridgehead atoms. The van der Waals surface area contributed by atoms with E-state index in [2.05, 4.69) is 22.6 Å². The summed E-state index contributed by atoms with van der Waals surface area (Å²) in [5, 5.41) is 0. The van der Waals surface area contributed by atoms with Crippen LogP contribution in [0.5, 0.6) is 0 Å². The van der Waals surface area contributed by atoms with Crippen LogP contribution in [0.2, 0.25) is 0 Å². The van der Waals surface area contributed by atoms with Gasteiger partial charge in [0.05, 0.1) is 6.54 Å². The predicted octanol–water partition coefficient (Wildman–Crippen LogP) is 2.36. The first-order chi connectivity index (χ1) is 6.79. The highest BCUT2D eigenvalue weighted by atomic mass is 127. The Balaban J connectivity index is 2.63. The van der Waals surface area contributed by atoms with Crippen molar-refractivity contribution >= 4 is 28.7 Å². The number of halogens is 1. The van der Waals surface area contributed by atoms with E-state index in [1.807, 2.05) is 20.8 Å². The average Bonchev–Trinajstić information content (AvgIpc) is 2.06. The molecule has 84 valence electrons. The molecule has 4 nitrogen and oxygen atoms in total. The lowest BCUT2D eigenvalue weighted by Crippen LogP contribution is -2.36. The number of nitrogens with zero attached hydrogens (tertiary/aromatic N) is 1. The molecule has 0 spiro atoms. The summed E-state index contributed by atoms with van der Waals surface area (Å²) in [6, 6.07) is 0. The van der Waals surface area contributed by atoms with Gasteiger partial charge in [-0.25, -0.2) is 4.79 Å². The van der Waals surface area contributed by atoms with Crippen molar-refractivity contribution in [2.75, 3.05) is 6.54 Å². The SMILES string of the molecule is CC(C)(C)OC(=O)N1C=CC(I)=C(N)C1. The monoisotopic (exact) mass is 322 g/mol. The Labute approximate surface area is 103 Å². The highest BCUT2D eigenvalue weighted by Crippen LogP contribution is 2.19. The van der Waals surface area contributed by atoms with E-state index in [-0.39, 0.29) is 6.09 Å². The largest absolute Gasteiger partial charge is 0.443 e. The fourth-order valence-corrected chi connectivity index (χ4v) is 1.35. The van der Waals surface area contributed by atoms with E-state index in [1.54, 1.807) is 12.3 Å². The molecule has 0 aromatic carbocycles. The summed E-state index contributed by atoms with van der Waals surface area (Å²) in [6.45, 7) is 5.90. The van der Waals surface area contributed by atoms with Gasteiger partial charge < -0.3 is 10.5 Å². The van der Waals surface area contributed by atoms with Crippen LogP contribution in [0.4, 0.5) is 4.79 Å². The summed E-state index contributed by atoms with van der Waals surface area (Å²) in [7, 11) is 0. The van der Waals surface area contributed by atoms with Crippen molar-refractivity contribution in [2.45, 2.75) is 26.4 Å². The highest BCUT2D eigenvalue weighted by Gasteiger charge is 2.22. The Kier molecular flexibility index (Phi) is 3.64. The van der Waals surface area contributed by atoms with E-state index in [0.717, 1.165) is 3.58 Å². The minimum Gasteiger partial charge on any atom is -0.443 e. The molecule has 0 saturated heterocycles. The van der Waals surface area contributed by atoms with Gasteiger partial charge in [0, 0.05) is 15.5 Å². The molecular weight excluding hydrogens is 307 g/mol. The van der Waals surface area contributed by atoms with Gasteiger partial charge in [-0.05, 0) is 49.4 Å². The van der Waals surface area contributed by atoms with Crippen LogP contribution in [0.3, 0.4) is 0 Å². The van der Waals surface area contributed by atoms with Crippen molar-refractivity contribution in [3.05, 3.63) is 21.6 Å². The van der Waals surface area contributed by atoms with Crippen molar-refractivity contribution in [3.63, 3.8) is 0 Å². The maximum absolute atomic E-state index is 11.6. The number of nitrogens with two attached hydrogens (primary N) is 1. The number of allylic oxidation sites excluding steroid dienone is 2. The second kappa shape index (κ2) is 4.42. The quantitative estimate of drug-likeness (QED) is 0.697. The molecule has 0 aliphatic carbocycles. The molecular formula is C10H15IN2O2. The number of hydrogen-bond donors (Lipinski definition) is 1. The van der Waals surface area contributed by atoms with Gasteiger partial charge >= 0.3 is 6.09 Å². The van der Waals surface area contributed by atoms with E-state index in [1.165, 1.54) is 4.90 Å². The number of carbonyl (C=O) groups excluding carboxylic acids is 1. The minimum atomic E-state index is -0.478. The summed E-state index contributed by atoms with van der Waals surface area (Å²) in [4.78, 5) is 13.1. The molecule has 0 fully saturated rings. The van der Waals surface area contributed by atoms with Gasteiger partial charge in [0.1, 0.15) is 5.60 Å². The summed E-state index contributed by atoms with van der Waals surface area (Å²) < 4.78 is 6.18. The van der Waals surface area contributed by atoms with Gasteiger partial charge in [-0.3, -0.25) is 4.90 Å². The highest BCUT2D eigenvalue weighted by molar-refractivity contribution is 14.1. The summed E-state index contributed by atoms with van der Waals surface area (Å²) in [5.74, 6) is 0. The topological polar surface area (TPSA) is 55.6 Å². The lowest BCUT2D eigenvalue weighted by Gasteiger charge is -2.26. The Morgan fingerprint density at radius 3 is 2.67 bits per heavy atom. The molecule has 1 aliphatic heterocycles. The third kappa shape index (κ3) is 3.73. The smallest absolute Gasteiger partial charge is 0.414 e. The molecule has 2 N–H and O–H groups in total. The van der Waals surface area contributed by atoms with Crippen LogP contribution < -0.4 is 5.73 Å². The van der Waals surface area contributed by atoms with E-state index in [0.29, 0.717) is 12.2 Å². The first kappa shape index (κ1) is 12.4. The zero-order valence-electron chi connectivity index (χ0n) is 9.08. The van der Waals surface area contributed by atoms with Gasteiger partial charge in [0.2, 0.25) is 0 Å². The first-order valence-corrected chi connectivity index (χ1v) is 5.69. The van der Waals surface area contributed by atoms with Crippen molar-refractivity contribution in [1.82, 2.24) is 4.90 Å². The van der Waals surface area contributed by atoms with Crippen LogP contribution in [0.15, 0.2) is 21.6 Å². The van der Waals surface area contributed by atoms with Crippen LogP contribution >= 0.6 is 22.6 Å². The maximum Gasteiger partial charge on any atom is 0.414 e. The molecule has 5 heteroatoms. The van der Waals surface area contributed by atoms with Crippen molar-refractivity contribution < 1.29 is 9.53 Å². The van der Waals surface area contributed by atoms with Crippen molar-refractivity contribution in [2.24, 2.45) is 5.73 Å². The Bertz CT molecular complexity index is 329. The fraction of sp³-hybridized carbons (Fsp3) is 0.500. The van der Waals surface area contributed by atoms with Gasteiger partial charge in [-0.15, -0.1) is 0 Å². The molecule has 0 radical (unpaired) electrons. The van der Waals surface area contributed by atoms with E-state index in [9.17, 15) is 4.79 Å². The Hall–Kier alpha value is -0.720. The molecule has 0 saturated carbocycles. The lowest BCUT2D eigenvalue weighted by molar-refractivity contribution is 0.0345. The molecule has 0 aromatic rings. The third-order valence-electron chi connectivity index (χ3n) is 1.68. The fourth-order valence-electron chi connectivity index (χ4n) is 1.02. The zero-order chi connectivity index (χ0) is 11.6. The standard InChI is InChI=1S/C10H15IN2O2/c1-10(2,3)15-9(14)13-5-4-7(11)8(12)6-13/h4-5H,6,12H2,1-3H3. The molecule has 0 unspecified atom stereocenters. The van der Waals surface area contributed by atoms with Crippen LogP contribution in [0.1, 0.15) is 20.8 Å². The lowest BCUT2D eigenvalue weighted by atomic mass is 10.2. The molecule has 0 atom stereocenters. The Morgan fingerprint density at radius 1 is 1.60 bits per heavy atom. The number of rotatable bonds is 0. The Morgan fingerprint density at radius 2 is 2.20 bits per heavy atom. The van der Waals surface area contributed by atoms with Gasteiger partial charge in [-0.1, -0.05) is 0 Å². The number of ether oxygens (including phenoxy) is 1. The molecule has 1 aliphatic rings. The van der Waals surface area contributed by atoms with Crippen molar-refractivity contribution in [3.8, 4) is 0 Å². The molecule has 1 amide bonds. The minimum absolute atomic E-state index is 0.370. The molecule has 1 rings (SSSR count). The van der Waals surface area contributed by atoms with Crippen LogP contribution in [-0.2, 0) is 4.74 Å². The zero-order valence-corrected chi connectivity index (χ0v) is 11.2. The number of hydrogen-bond acceptors (Lipinski definition) is 3. The van der Waals surface area contributed by atoms with Crippen LogP contribution in [-0.4, -0.2) is 23.1 Å². The first-order valence-electron chi connectivity index (χ1n) is 4.61. The summed E-state index contributed by atoms with van der Waals surface area (Å²) >= 11 is 2.13. The van der Waals surface area contributed by atoms with Gasteiger partial charge in [-0.2, -0.15) is 0 Å². The second-order valence-electron chi connectivity index (χ2n) is 4.30. The van der Waals surface area contributed by atoms with Gasteiger partial charge in [0.15, 0.2) is 0 Å². The third-order valence-corrected chi connectivity index (χ3v) is 2.73. The molecule has 15 heavy (non-hydrogen) atoms. The normalized spacial score (nSPS) is 16.9. The average molecular weight is 322 g/mol.